The van der Waals surface area contributed by atoms with Gasteiger partial charge < -0.3 is 4.23 Å². The third-order valence-electron chi connectivity index (χ3n) is 5.89. The zero-order chi connectivity index (χ0) is 19.4. The predicted molar refractivity (Wildman–Crippen MR) is 126 cm³/mol. The van der Waals surface area contributed by atoms with Gasteiger partial charge in [-0.1, -0.05) is 94.8 Å². The highest BCUT2D eigenvalue weighted by molar-refractivity contribution is 9.10. The standard InChI is InChI=1S/C25H17BrN2Si/c26-18-9-8-12-20(17-18)29(19-10-2-1-3-11-19)24-16-7-4-13-21(24)25-27-22-14-5-6-15-23(22)28(25)29/h1-17H. The molecular weight excluding hydrogens is 436 g/mol. The minimum Gasteiger partial charge on any atom is -0.339 e. The number of rotatable bonds is 2. The zero-order valence-corrected chi connectivity index (χ0v) is 18.2. The molecule has 0 saturated heterocycles. The van der Waals surface area contributed by atoms with Crippen molar-refractivity contribution in [2.45, 2.75) is 0 Å². The van der Waals surface area contributed by atoms with Crippen molar-refractivity contribution in [2.24, 2.45) is 0 Å². The predicted octanol–water partition coefficient (Wildman–Crippen LogP) is 4.29. The van der Waals surface area contributed by atoms with Crippen molar-refractivity contribution >= 4 is 50.8 Å². The Labute approximate surface area is 178 Å². The van der Waals surface area contributed by atoms with Crippen molar-refractivity contribution in [3.05, 3.63) is 108 Å². The maximum Gasteiger partial charge on any atom is 0.259 e. The van der Waals surface area contributed by atoms with Gasteiger partial charge >= 0.3 is 0 Å². The lowest BCUT2D eigenvalue weighted by Gasteiger charge is -2.32. The van der Waals surface area contributed by atoms with E-state index < -0.39 is 8.24 Å². The third-order valence-corrected chi connectivity index (χ3v) is 11.0. The fraction of sp³-hybridized carbons (Fsp3) is 0. The van der Waals surface area contributed by atoms with Gasteiger partial charge in [0, 0.05) is 10.0 Å². The lowest BCUT2D eigenvalue weighted by atomic mass is 10.2. The lowest BCUT2D eigenvalue weighted by molar-refractivity contribution is 1.23. The fourth-order valence-electron chi connectivity index (χ4n) is 4.79. The van der Waals surface area contributed by atoms with E-state index in [2.05, 4.69) is 123 Å². The molecular formula is C25H17BrN2Si. The van der Waals surface area contributed by atoms with E-state index in [4.69, 9.17) is 4.98 Å². The molecule has 2 nitrogen and oxygen atoms in total. The normalized spacial score (nSPS) is 17.3. The molecule has 0 amide bonds. The molecule has 1 aromatic heterocycles. The van der Waals surface area contributed by atoms with Crippen molar-refractivity contribution in [1.82, 2.24) is 9.22 Å². The van der Waals surface area contributed by atoms with Crippen LogP contribution in [-0.4, -0.2) is 17.5 Å². The Bertz CT molecular complexity index is 1380. The molecule has 1 aliphatic heterocycles. The molecule has 0 N–H and O–H groups in total. The molecule has 0 aliphatic carbocycles. The summed E-state index contributed by atoms with van der Waals surface area (Å²) in [7, 11) is -2.55. The summed E-state index contributed by atoms with van der Waals surface area (Å²) in [6.45, 7) is 0. The number of imidazole rings is 1. The molecule has 5 aromatic rings. The molecule has 1 aliphatic rings. The Balaban J connectivity index is 1.87. The van der Waals surface area contributed by atoms with E-state index in [-0.39, 0.29) is 0 Å². The number of fused-ring (bicyclic) bond motifs is 5. The number of benzene rings is 4. The Kier molecular flexibility index (Phi) is 3.67. The SMILES string of the molecule is Brc1cccc([Si]2(c3ccccc3)c3ccccc3-c3nc4ccccc4n32)c1. The Hall–Kier alpha value is -2.95. The zero-order valence-electron chi connectivity index (χ0n) is 15.6. The second-order valence-corrected chi connectivity index (χ2v) is 11.9. The van der Waals surface area contributed by atoms with Crippen LogP contribution in [0.1, 0.15) is 0 Å². The van der Waals surface area contributed by atoms with Gasteiger partial charge in [0.25, 0.3) is 8.24 Å². The first kappa shape index (κ1) is 17.0. The van der Waals surface area contributed by atoms with Crippen molar-refractivity contribution < 1.29 is 0 Å². The van der Waals surface area contributed by atoms with E-state index in [1.807, 2.05) is 0 Å². The molecule has 138 valence electrons. The molecule has 0 saturated carbocycles. The summed E-state index contributed by atoms with van der Waals surface area (Å²) < 4.78 is 3.66. The van der Waals surface area contributed by atoms with Crippen LogP contribution in [0.3, 0.4) is 0 Å². The molecule has 4 aromatic carbocycles. The number of aromatic nitrogens is 2. The first-order valence-electron chi connectivity index (χ1n) is 9.69. The van der Waals surface area contributed by atoms with E-state index in [1.165, 1.54) is 26.6 Å². The smallest absolute Gasteiger partial charge is 0.259 e. The van der Waals surface area contributed by atoms with Gasteiger partial charge in [0.05, 0.1) is 11.0 Å². The van der Waals surface area contributed by atoms with Gasteiger partial charge in [0.2, 0.25) is 0 Å². The van der Waals surface area contributed by atoms with E-state index in [1.54, 1.807) is 0 Å². The molecule has 1 unspecified atom stereocenters. The molecule has 0 radical (unpaired) electrons. The van der Waals surface area contributed by atoms with Crippen LogP contribution in [0.5, 0.6) is 0 Å². The fourth-order valence-corrected chi connectivity index (χ4v) is 10.4. The van der Waals surface area contributed by atoms with Crippen LogP contribution in [0.2, 0.25) is 0 Å². The number of nitrogens with zero attached hydrogens (tertiary/aromatic N) is 2. The maximum atomic E-state index is 5.09. The molecule has 0 fully saturated rings. The van der Waals surface area contributed by atoms with Crippen LogP contribution in [-0.2, 0) is 0 Å². The number of halogens is 1. The Morgan fingerprint density at radius 3 is 2.28 bits per heavy atom. The van der Waals surface area contributed by atoms with Crippen molar-refractivity contribution in [2.75, 3.05) is 0 Å². The summed E-state index contributed by atoms with van der Waals surface area (Å²) >= 11 is 3.72. The van der Waals surface area contributed by atoms with Gasteiger partial charge in [-0.3, -0.25) is 0 Å². The molecule has 29 heavy (non-hydrogen) atoms. The largest absolute Gasteiger partial charge is 0.339 e. The average Bonchev–Trinajstić information content (AvgIpc) is 3.28. The third kappa shape index (κ3) is 2.24. The van der Waals surface area contributed by atoms with Crippen LogP contribution in [0.4, 0.5) is 0 Å². The summed E-state index contributed by atoms with van der Waals surface area (Å²) in [6.07, 6.45) is 0. The minimum atomic E-state index is -2.55. The van der Waals surface area contributed by atoms with Crippen LogP contribution < -0.4 is 15.6 Å². The highest BCUT2D eigenvalue weighted by Crippen LogP contribution is 2.34. The number of para-hydroxylation sites is 2. The van der Waals surface area contributed by atoms with Crippen LogP contribution in [0.25, 0.3) is 22.4 Å². The van der Waals surface area contributed by atoms with Crippen LogP contribution in [0, 0.1) is 0 Å². The molecule has 1 atom stereocenters. The molecule has 2 heterocycles. The topological polar surface area (TPSA) is 17.8 Å². The average molecular weight is 453 g/mol. The summed E-state index contributed by atoms with van der Waals surface area (Å²) in [5.74, 6) is 1.08. The molecule has 4 heteroatoms. The number of hydrogen-bond acceptors (Lipinski definition) is 1. The van der Waals surface area contributed by atoms with Crippen LogP contribution in [0.15, 0.2) is 108 Å². The van der Waals surface area contributed by atoms with Crippen molar-refractivity contribution in [3.8, 4) is 11.4 Å². The maximum absolute atomic E-state index is 5.09. The van der Waals surface area contributed by atoms with Gasteiger partial charge in [0.15, 0.2) is 0 Å². The Morgan fingerprint density at radius 1 is 0.690 bits per heavy atom. The quantitative estimate of drug-likeness (QED) is 0.358. The molecule has 6 rings (SSSR count). The van der Waals surface area contributed by atoms with Crippen molar-refractivity contribution in [3.63, 3.8) is 0 Å². The first-order valence-corrected chi connectivity index (χ1v) is 12.4. The lowest BCUT2D eigenvalue weighted by Crippen LogP contribution is -2.70. The highest BCUT2D eigenvalue weighted by atomic mass is 79.9. The van der Waals surface area contributed by atoms with E-state index in [9.17, 15) is 0 Å². The van der Waals surface area contributed by atoms with Gasteiger partial charge in [-0.2, -0.15) is 0 Å². The van der Waals surface area contributed by atoms with Crippen molar-refractivity contribution in [1.29, 1.82) is 0 Å². The van der Waals surface area contributed by atoms with Crippen LogP contribution >= 0.6 is 15.9 Å². The van der Waals surface area contributed by atoms with Gasteiger partial charge in [-0.05, 0) is 39.8 Å². The Morgan fingerprint density at radius 2 is 1.41 bits per heavy atom. The summed E-state index contributed by atoms with van der Waals surface area (Å²) in [6, 6.07) is 37.1. The van der Waals surface area contributed by atoms with Gasteiger partial charge in [-0.25, -0.2) is 4.98 Å². The van der Waals surface area contributed by atoms with E-state index >= 15 is 0 Å². The minimum absolute atomic E-state index is 1.06. The summed E-state index contributed by atoms with van der Waals surface area (Å²) in [5.41, 5.74) is 3.51. The molecule has 0 spiro atoms. The van der Waals surface area contributed by atoms with E-state index in [0.29, 0.717) is 0 Å². The summed E-state index contributed by atoms with van der Waals surface area (Å²) in [5, 5.41) is 4.12. The highest BCUT2D eigenvalue weighted by Gasteiger charge is 2.50. The van der Waals surface area contributed by atoms with Gasteiger partial charge in [0.1, 0.15) is 5.82 Å². The second kappa shape index (κ2) is 6.27. The second-order valence-electron chi connectivity index (χ2n) is 7.39. The van der Waals surface area contributed by atoms with E-state index in [0.717, 1.165) is 15.8 Å². The summed E-state index contributed by atoms with van der Waals surface area (Å²) in [4.78, 5) is 5.09. The monoisotopic (exact) mass is 452 g/mol. The number of hydrogen-bond donors (Lipinski definition) is 0. The molecule has 0 bridgehead atoms. The first-order chi connectivity index (χ1) is 14.3. The van der Waals surface area contributed by atoms with Gasteiger partial charge in [-0.15, -0.1) is 0 Å².